The molecular weight excluding hydrogens is 122 g/mol. The average Bonchev–Trinajstić information content (AvgIpc) is 2.62. The summed E-state index contributed by atoms with van der Waals surface area (Å²) in [5.41, 5.74) is 0. The zero-order chi connectivity index (χ0) is 7.56. The maximum absolute atomic E-state index is 3.64. The molecule has 0 radical (unpaired) electrons. The van der Waals surface area contributed by atoms with Gasteiger partial charge in [-0.15, -0.1) is 0 Å². The predicted molar refractivity (Wildman–Crippen MR) is 45.1 cm³/mol. The van der Waals surface area contributed by atoms with Crippen molar-refractivity contribution in [2.45, 2.75) is 52.1 Å². The van der Waals surface area contributed by atoms with Crippen molar-refractivity contribution in [3.05, 3.63) is 0 Å². The summed E-state index contributed by atoms with van der Waals surface area (Å²) in [5.74, 6) is 0.945. The highest BCUT2D eigenvalue weighted by Gasteiger charge is 2.33. The van der Waals surface area contributed by atoms with Crippen molar-refractivity contribution in [2.24, 2.45) is 5.92 Å². The molecule has 1 aliphatic carbocycles. The van der Waals surface area contributed by atoms with E-state index in [9.17, 15) is 0 Å². The lowest BCUT2D eigenvalue weighted by atomic mass is 10.2. The van der Waals surface area contributed by atoms with Crippen molar-refractivity contribution in [1.29, 1.82) is 0 Å². The molecule has 0 aromatic heterocycles. The van der Waals surface area contributed by atoms with Crippen molar-refractivity contribution < 1.29 is 0 Å². The highest BCUT2D eigenvalue weighted by Crippen LogP contribution is 2.29. The first kappa shape index (κ1) is 8.06. The van der Waals surface area contributed by atoms with Crippen LogP contribution in [0.15, 0.2) is 0 Å². The van der Waals surface area contributed by atoms with E-state index >= 15 is 0 Å². The first-order chi connectivity index (χ1) is 4.77. The third kappa shape index (κ3) is 1.98. The molecule has 0 bridgehead atoms. The van der Waals surface area contributed by atoms with Gasteiger partial charge in [0.1, 0.15) is 0 Å². The summed E-state index contributed by atoms with van der Waals surface area (Å²) in [7, 11) is 0. The Bertz CT molecular complexity index is 96.9. The highest BCUT2D eigenvalue weighted by molar-refractivity contribution is 4.91. The molecule has 0 saturated heterocycles. The number of nitrogens with one attached hydrogen (secondary N) is 1. The number of hydrogen-bond donors (Lipinski definition) is 1. The Balaban J connectivity index is 2.10. The maximum atomic E-state index is 3.64. The largest absolute Gasteiger partial charge is 0.311 e. The Morgan fingerprint density at radius 3 is 2.20 bits per heavy atom. The van der Waals surface area contributed by atoms with Gasteiger partial charge in [0.15, 0.2) is 0 Å². The fourth-order valence-corrected chi connectivity index (χ4v) is 1.38. The molecule has 0 aliphatic heterocycles. The lowest BCUT2D eigenvalue weighted by Gasteiger charge is -2.13. The van der Waals surface area contributed by atoms with Gasteiger partial charge >= 0.3 is 0 Å². The van der Waals surface area contributed by atoms with Crippen LogP contribution in [-0.4, -0.2) is 12.1 Å². The van der Waals surface area contributed by atoms with E-state index in [1.165, 1.54) is 19.3 Å². The second-order valence-electron chi connectivity index (χ2n) is 3.50. The molecule has 60 valence electrons. The maximum Gasteiger partial charge on any atom is 0.00989 e. The fourth-order valence-electron chi connectivity index (χ4n) is 1.38. The summed E-state index contributed by atoms with van der Waals surface area (Å²) in [6.07, 6.45) is 3.95. The second kappa shape index (κ2) is 3.38. The third-order valence-electron chi connectivity index (χ3n) is 2.54. The molecule has 0 unspecified atom stereocenters. The summed E-state index contributed by atoms with van der Waals surface area (Å²) in [6, 6.07) is 1.62. The minimum absolute atomic E-state index is 0.773. The Labute approximate surface area is 64.2 Å². The van der Waals surface area contributed by atoms with Crippen LogP contribution in [0.4, 0.5) is 0 Å². The average molecular weight is 141 g/mol. The second-order valence-corrected chi connectivity index (χ2v) is 3.50. The minimum atomic E-state index is 0.773. The predicted octanol–water partition coefficient (Wildman–Crippen LogP) is 2.17. The summed E-state index contributed by atoms with van der Waals surface area (Å²) in [6.45, 7) is 6.84. The lowest BCUT2D eigenvalue weighted by molar-refractivity contribution is 0.471. The molecule has 1 rings (SSSR count). The Morgan fingerprint density at radius 1 is 1.40 bits per heavy atom. The van der Waals surface area contributed by atoms with Gasteiger partial charge in [-0.25, -0.2) is 0 Å². The lowest BCUT2D eigenvalue weighted by Crippen LogP contribution is -2.30. The monoisotopic (exact) mass is 141 g/mol. The van der Waals surface area contributed by atoms with Crippen LogP contribution in [0.1, 0.15) is 40.0 Å². The van der Waals surface area contributed by atoms with E-state index in [2.05, 4.69) is 26.1 Å². The molecule has 0 aromatic carbocycles. The van der Waals surface area contributed by atoms with Crippen molar-refractivity contribution in [1.82, 2.24) is 5.32 Å². The smallest absolute Gasteiger partial charge is 0.00989 e. The summed E-state index contributed by atoms with van der Waals surface area (Å²) in [5, 5.41) is 3.64. The van der Waals surface area contributed by atoms with Crippen LogP contribution in [0.3, 0.4) is 0 Å². The van der Waals surface area contributed by atoms with E-state index in [0.29, 0.717) is 0 Å². The van der Waals surface area contributed by atoms with Crippen LogP contribution in [0.5, 0.6) is 0 Å². The molecule has 1 fully saturated rings. The summed E-state index contributed by atoms with van der Waals surface area (Å²) >= 11 is 0. The molecule has 0 amide bonds. The van der Waals surface area contributed by atoms with Gasteiger partial charge in [0.2, 0.25) is 0 Å². The third-order valence-corrected chi connectivity index (χ3v) is 2.54. The van der Waals surface area contributed by atoms with Gasteiger partial charge in [-0.1, -0.05) is 20.8 Å². The van der Waals surface area contributed by atoms with E-state index in [1.54, 1.807) is 0 Å². The van der Waals surface area contributed by atoms with E-state index in [1.807, 2.05) is 0 Å². The molecule has 1 aliphatic rings. The molecule has 10 heavy (non-hydrogen) atoms. The normalized spacial score (nSPS) is 31.2. The zero-order valence-corrected chi connectivity index (χ0v) is 7.35. The number of rotatable bonds is 4. The minimum Gasteiger partial charge on any atom is -0.311 e. The van der Waals surface area contributed by atoms with Crippen molar-refractivity contribution >= 4 is 0 Å². The quantitative estimate of drug-likeness (QED) is 0.632. The highest BCUT2D eigenvalue weighted by atomic mass is 15.0. The van der Waals surface area contributed by atoms with Crippen molar-refractivity contribution in [3.63, 3.8) is 0 Å². The standard InChI is InChI=1S/C9H19N/c1-4-8(5-2)10-9-6-7(9)3/h7-10H,4-6H2,1-3H3/t7-,9-/m1/s1. The van der Waals surface area contributed by atoms with E-state index in [4.69, 9.17) is 0 Å². The molecule has 2 atom stereocenters. The zero-order valence-electron chi connectivity index (χ0n) is 7.35. The molecule has 1 nitrogen and oxygen atoms in total. The van der Waals surface area contributed by atoms with Gasteiger partial charge in [-0.05, 0) is 25.2 Å². The Morgan fingerprint density at radius 2 is 1.90 bits per heavy atom. The van der Waals surface area contributed by atoms with Crippen LogP contribution in [0.25, 0.3) is 0 Å². The van der Waals surface area contributed by atoms with Gasteiger partial charge in [0.05, 0.1) is 0 Å². The molecule has 1 saturated carbocycles. The van der Waals surface area contributed by atoms with Crippen LogP contribution >= 0.6 is 0 Å². The van der Waals surface area contributed by atoms with E-state index in [0.717, 1.165) is 18.0 Å². The number of hydrogen-bond acceptors (Lipinski definition) is 1. The van der Waals surface area contributed by atoms with Crippen LogP contribution in [0.2, 0.25) is 0 Å². The van der Waals surface area contributed by atoms with Crippen LogP contribution in [-0.2, 0) is 0 Å². The van der Waals surface area contributed by atoms with Gasteiger partial charge in [0.25, 0.3) is 0 Å². The topological polar surface area (TPSA) is 12.0 Å². The fraction of sp³-hybridized carbons (Fsp3) is 1.00. The Hall–Kier alpha value is -0.0400. The van der Waals surface area contributed by atoms with Gasteiger partial charge < -0.3 is 5.32 Å². The summed E-state index contributed by atoms with van der Waals surface area (Å²) in [4.78, 5) is 0. The van der Waals surface area contributed by atoms with Crippen molar-refractivity contribution in [2.75, 3.05) is 0 Å². The van der Waals surface area contributed by atoms with Crippen LogP contribution < -0.4 is 5.32 Å². The van der Waals surface area contributed by atoms with Crippen LogP contribution in [0, 0.1) is 5.92 Å². The van der Waals surface area contributed by atoms with Crippen molar-refractivity contribution in [3.8, 4) is 0 Å². The first-order valence-electron chi connectivity index (χ1n) is 4.54. The molecule has 1 N–H and O–H groups in total. The summed E-state index contributed by atoms with van der Waals surface area (Å²) < 4.78 is 0. The molecule has 1 heteroatoms. The van der Waals surface area contributed by atoms with Gasteiger partial charge in [0, 0.05) is 12.1 Å². The Kier molecular flexibility index (Phi) is 2.72. The molecule has 0 heterocycles. The van der Waals surface area contributed by atoms with Gasteiger partial charge in [-0.2, -0.15) is 0 Å². The molecule has 0 aromatic rings. The SMILES string of the molecule is CCC(CC)N[C@@H]1C[C@H]1C. The first-order valence-corrected chi connectivity index (χ1v) is 4.54. The van der Waals surface area contributed by atoms with E-state index in [-0.39, 0.29) is 0 Å². The van der Waals surface area contributed by atoms with E-state index < -0.39 is 0 Å². The molecular formula is C9H19N. The molecule has 0 spiro atoms. The van der Waals surface area contributed by atoms with Gasteiger partial charge in [-0.3, -0.25) is 0 Å².